The van der Waals surface area contributed by atoms with Crippen LogP contribution in [0, 0.1) is 0 Å². The van der Waals surface area contributed by atoms with Crippen molar-refractivity contribution in [2.24, 2.45) is 0 Å². The fraction of sp³-hybridized carbons (Fsp3) is 0.722. The molecule has 0 atom stereocenters. The molecular formula is C18H31N3O. The Morgan fingerprint density at radius 1 is 1.00 bits per heavy atom. The molecule has 0 saturated carbocycles. The minimum Gasteiger partial charge on any atom is -0.244 e. The van der Waals surface area contributed by atoms with Crippen molar-refractivity contribution < 1.29 is 0 Å². The van der Waals surface area contributed by atoms with Gasteiger partial charge in [-0.15, -0.1) is 0 Å². The van der Waals surface area contributed by atoms with Crippen LogP contribution < -0.4 is 5.69 Å². The number of rotatable bonds is 10. The smallest absolute Gasteiger partial charge is 0.244 e. The van der Waals surface area contributed by atoms with Crippen molar-refractivity contribution in [1.82, 2.24) is 14.8 Å². The van der Waals surface area contributed by atoms with E-state index in [4.69, 9.17) is 0 Å². The van der Waals surface area contributed by atoms with Crippen LogP contribution in [0.15, 0.2) is 16.4 Å². The summed E-state index contributed by atoms with van der Waals surface area (Å²) in [5, 5.41) is 4.59. The molecule has 0 radical (unpaired) electrons. The molecule has 1 aromatic heterocycles. The van der Waals surface area contributed by atoms with Crippen LogP contribution in [0.5, 0.6) is 0 Å². The molecule has 4 nitrogen and oxygen atoms in total. The number of allylic oxidation sites excluding steroid dienone is 2. The van der Waals surface area contributed by atoms with Crippen LogP contribution in [0.3, 0.4) is 0 Å². The lowest BCUT2D eigenvalue weighted by atomic mass is 10.1. The SMILES string of the molecule is CCCCCc1nc(=O)n(CC=C(C)C)nc1CCCCC. The van der Waals surface area contributed by atoms with Gasteiger partial charge in [-0.25, -0.2) is 9.48 Å². The third-order valence-corrected chi connectivity index (χ3v) is 3.73. The predicted molar refractivity (Wildman–Crippen MR) is 92.2 cm³/mol. The zero-order valence-corrected chi connectivity index (χ0v) is 14.7. The highest BCUT2D eigenvalue weighted by molar-refractivity contribution is 5.09. The molecule has 0 N–H and O–H groups in total. The first-order chi connectivity index (χ1) is 10.6. The number of aromatic nitrogens is 3. The fourth-order valence-corrected chi connectivity index (χ4v) is 2.35. The second-order valence-electron chi connectivity index (χ2n) is 6.17. The summed E-state index contributed by atoms with van der Waals surface area (Å²) in [7, 11) is 0. The molecule has 1 aromatic rings. The van der Waals surface area contributed by atoms with E-state index in [0.717, 1.165) is 37.1 Å². The molecule has 0 aliphatic carbocycles. The Balaban J connectivity index is 2.95. The normalized spacial score (nSPS) is 10.7. The molecule has 124 valence electrons. The molecule has 0 bridgehead atoms. The molecule has 0 amide bonds. The molecule has 0 aliphatic heterocycles. The van der Waals surface area contributed by atoms with Crippen LogP contribution in [-0.4, -0.2) is 14.8 Å². The largest absolute Gasteiger partial charge is 0.364 e. The Bertz CT molecular complexity index is 528. The summed E-state index contributed by atoms with van der Waals surface area (Å²) in [6.07, 6.45) is 10.8. The van der Waals surface area contributed by atoms with Gasteiger partial charge in [0, 0.05) is 0 Å². The number of nitrogens with zero attached hydrogens (tertiary/aromatic N) is 3. The van der Waals surface area contributed by atoms with Gasteiger partial charge < -0.3 is 0 Å². The van der Waals surface area contributed by atoms with Crippen molar-refractivity contribution in [3.05, 3.63) is 33.5 Å². The van der Waals surface area contributed by atoms with E-state index in [-0.39, 0.29) is 5.69 Å². The lowest BCUT2D eigenvalue weighted by Gasteiger charge is -2.10. The van der Waals surface area contributed by atoms with E-state index in [1.54, 1.807) is 0 Å². The van der Waals surface area contributed by atoms with Crippen LogP contribution in [0.2, 0.25) is 0 Å². The zero-order valence-electron chi connectivity index (χ0n) is 14.7. The van der Waals surface area contributed by atoms with E-state index in [0.29, 0.717) is 6.54 Å². The summed E-state index contributed by atoms with van der Waals surface area (Å²) in [6, 6.07) is 0. The Kier molecular flexibility index (Phi) is 8.71. The second-order valence-corrected chi connectivity index (χ2v) is 6.17. The van der Waals surface area contributed by atoms with Gasteiger partial charge in [-0.05, 0) is 39.5 Å². The maximum atomic E-state index is 12.1. The lowest BCUT2D eigenvalue weighted by Crippen LogP contribution is -2.28. The van der Waals surface area contributed by atoms with Crippen molar-refractivity contribution in [3.8, 4) is 0 Å². The molecule has 22 heavy (non-hydrogen) atoms. The van der Waals surface area contributed by atoms with Gasteiger partial charge in [0.1, 0.15) is 0 Å². The average Bonchev–Trinajstić information content (AvgIpc) is 2.48. The van der Waals surface area contributed by atoms with Crippen molar-refractivity contribution >= 4 is 0 Å². The summed E-state index contributed by atoms with van der Waals surface area (Å²) in [6.45, 7) is 8.96. The summed E-state index contributed by atoms with van der Waals surface area (Å²) >= 11 is 0. The van der Waals surface area contributed by atoms with E-state index in [9.17, 15) is 4.79 Å². The molecular weight excluding hydrogens is 274 g/mol. The first-order valence-electron chi connectivity index (χ1n) is 8.68. The average molecular weight is 305 g/mol. The third kappa shape index (κ3) is 6.54. The predicted octanol–water partition coefficient (Wildman–Crippen LogP) is 4.07. The topological polar surface area (TPSA) is 47.8 Å². The van der Waals surface area contributed by atoms with Gasteiger partial charge in [0.2, 0.25) is 0 Å². The van der Waals surface area contributed by atoms with Crippen molar-refractivity contribution in [1.29, 1.82) is 0 Å². The minimum absolute atomic E-state index is 0.219. The van der Waals surface area contributed by atoms with Gasteiger partial charge >= 0.3 is 5.69 Å². The number of aryl methyl sites for hydroxylation is 2. The van der Waals surface area contributed by atoms with E-state index in [1.165, 1.54) is 35.9 Å². The highest BCUT2D eigenvalue weighted by Gasteiger charge is 2.10. The standard InChI is InChI=1S/C18H31N3O/c1-5-7-9-11-16-17(12-10-8-6-2)20-21(18(22)19-16)14-13-15(3)4/h13H,5-12,14H2,1-4H3. The van der Waals surface area contributed by atoms with E-state index < -0.39 is 0 Å². The molecule has 0 aliphatic rings. The van der Waals surface area contributed by atoms with E-state index >= 15 is 0 Å². The van der Waals surface area contributed by atoms with Gasteiger partial charge in [0.25, 0.3) is 0 Å². The highest BCUT2D eigenvalue weighted by atomic mass is 16.1. The van der Waals surface area contributed by atoms with Crippen LogP contribution in [0.1, 0.15) is 77.6 Å². The van der Waals surface area contributed by atoms with Crippen molar-refractivity contribution in [2.45, 2.75) is 85.6 Å². The van der Waals surface area contributed by atoms with Crippen LogP contribution >= 0.6 is 0 Å². The number of hydrogen-bond donors (Lipinski definition) is 0. The molecule has 0 unspecified atom stereocenters. The molecule has 4 heteroatoms. The summed E-state index contributed by atoms with van der Waals surface area (Å²) < 4.78 is 1.50. The monoisotopic (exact) mass is 305 g/mol. The Hall–Kier alpha value is -1.45. The first-order valence-corrected chi connectivity index (χ1v) is 8.68. The molecule has 0 fully saturated rings. The summed E-state index contributed by atoms with van der Waals surface area (Å²) in [5.41, 5.74) is 2.91. The molecule has 1 rings (SSSR count). The Morgan fingerprint density at radius 3 is 2.14 bits per heavy atom. The Labute approximate surface area is 134 Å². The lowest BCUT2D eigenvalue weighted by molar-refractivity contribution is 0.567. The van der Waals surface area contributed by atoms with E-state index in [2.05, 4.69) is 23.9 Å². The van der Waals surface area contributed by atoms with Crippen LogP contribution in [0.25, 0.3) is 0 Å². The minimum atomic E-state index is -0.219. The molecule has 0 aromatic carbocycles. The summed E-state index contributed by atoms with van der Waals surface area (Å²) in [5.74, 6) is 0. The van der Waals surface area contributed by atoms with Crippen LogP contribution in [0.4, 0.5) is 0 Å². The van der Waals surface area contributed by atoms with Gasteiger partial charge in [-0.2, -0.15) is 10.1 Å². The van der Waals surface area contributed by atoms with Gasteiger partial charge in [-0.3, -0.25) is 0 Å². The second kappa shape index (κ2) is 10.3. The van der Waals surface area contributed by atoms with Crippen molar-refractivity contribution in [3.63, 3.8) is 0 Å². The summed E-state index contributed by atoms with van der Waals surface area (Å²) in [4.78, 5) is 16.4. The molecule has 0 saturated heterocycles. The van der Waals surface area contributed by atoms with Gasteiger partial charge in [0.05, 0.1) is 17.9 Å². The highest BCUT2D eigenvalue weighted by Crippen LogP contribution is 2.10. The quantitative estimate of drug-likeness (QED) is 0.483. The maximum Gasteiger partial charge on any atom is 0.364 e. The first kappa shape index (κ1) is 18.6. The molecule has 0 spiro atoms. The van der Waals surface area contributed by atoms with Crippen LogP contribution in [-0.2, 0) is 19.4 Å². The fourth-order valence-electron chi connectivity index (χ4n) is 2.35. The van der Waals surface area contributed by atoms with Gasteiger partial charge in [-0.1, -0.05) is 51.2 Å². The van der Waals surface area contributed by atoms with Crippen molar-refractivity contribution in [2.75, 3.05) is 0 Å². The van der Waals surface area contributed by atoms with Gasteiger partial charge in [0.15, 0.2) is 0 Å². The Morgan fingerprint density at radius 2 is 1.59 bits per heavy atom. The zero-order chi connectivity index (χ0) is 16.4. The number of unbranched alkanes of at least 4 members (excludes halogenated alkanes) is 4. The van der Waals surface area contributed by atoms with E-state index in [1.807, 2.05) is 19.9 Å². The third-order valence-electron chi connectivity index (χ3n) is 3.73. The molecule has 1 heterocycles. The number of hydrogen-bond acceptors (Lipinski definition) is 3. The maximum absolute atomic E-state index is 12.1.